The molecular weight excluding hydrogens is 328 g/mol. The van der Waals surface area contributed by atoms with Crippen molar-refractivity contribution in [2.24, 2.45) is 0 Å². The van der Waals surface area contributed by atoms with Gasteiger partial charge in [0.2, 0.25) is 15.9 Å². The summed E-state index contributed by atoms with van der Waals surface area (Å²) in [5.41, 5.74) is 1.51. The molecule has 1 aliphatic heterocycles. The maximum absolute atomic E-state index is 12.7. The molecule has 1 aliphatic rings. The van der Waals surface area contributed by atoms with Gasteiger partial charge in [0, 0.05) is 19.2 Å². The molecule has 6 nitrogen and oxygen atoms in total. The van der Waals surface area contributed by atoms with E-state index >= 15 is 0 Å². The third kappa shape index (κ3) is 3.48. The molecule has 0 bridgehead atoms. The third-order valence-corrected chi connectivity index (χ3v) is 5.58. The smallest absolute Gasteiger partial charge is 0.245 e. The molecule has 0 aromatic heterocycles. The number of nitrogens with one attached hydrogen (secondary N) is 1. The van der Waals surface area contributed by atoms with E-state index in [0.29, 0.717) is 5.69 Å². The van der Waals surface area contributed by atoms with E-state index in [0.717, 1.165) is 5.56 Å². The molecular formula is C17H18N2O4S. The van der Waals surface area contributed by atoms with Gasteiger partial charge in [-0.25, -0.2) is 8.42 Å². The van der Waals surface area contributed by atoms with Gasteiger partial charge in [0.1, 0.15) is 6.73 Å². The highest BCUT2D eigenvalue weighted by Gasteiger charge is 2.33. The van der Waals surface area contributed by atoms with Crippen LogP contribution in [0.3, 0.4) is 0 Å². The maximum Gasteiger partial charge on any atom is 0.245 e. The van der Waals surface area contributed by atoms with Crippen molar-refractivity contribution in [1.29, 1.82) is 0 Å². The van der Waals surface area contributed by atoms with Crippen LogP contribution in [0.1, 0.15) is 18.6 Å². The summed E-state index contributed by atoms with van der Waals surface area (Å²) in [7, 11) is -3.63. The van der Waals surface area contributed by atoms with Gasteiger partial charge < -0.3 is 10.1 Å². The topological polar surface area (TPSA) is 75.7 Å². The van der Waals surface area contributed by atoms with E-state index in [1.807, 2.05) is 30.3 Å². The average molecular weight is 346 g/mol. The highest BCUT2D eigenvalue weighted by molar-refractivity contribution is 7.89. The van der Waals surface area contributed by atoms with E-state index in [1.165, 1.54) is 23.4 Å². The summed E-state index contributed by atoms with van der Waals surface area (Å²) < 4.78 is 32.3. The Labute approximate surface area is 141 Å². The largest absolute Gasteiger partial charge is 0.356 e. The summed E-state index contributed by atoms with van der Waals surface area (Å²) in [6, 6.07) is 15.6. The molecule has 1 atom stereocenters. The highest BCUT2D eigenvalue weighted by atomic mass is 32.2. The van der Waals surface area contributed by atoms with Gasteiger partial charge >= 0.3 is 0 Å². The summed E-state index contributed by atoms with van der Waals surface area (Å²) in [6.45, 7) is 1.70. The quantitative estimate of drug-likeness (QED) is 0.922. The Hall–Kier alpha value is -2.22. The maximum atomic E-state index is 12.7. The number of ether oxygens (including phenoxy) is 1. The van der Waals surface area contributed by atoms with Crippen LogP contribution in [0, 0.1) is 0 Å². The molecule has 0 aliphatic carbocycles. The lowest BCUT2D eigenvalue weighted by molar-refractivity contribution is -0.114. The van der Waals surface area contributed by atoms with E-state index in [1.54, 1.807) is 12.1 Å². The van der Waals surface area contributed by atoms with Gasteiger partial charge in [0.25, 0.3) is 0 Å². The molecule has 2 aromatic carbocycles. The molecule has 0 saturated carbocycles. The molecule has 7 heteroatoms. The van der Waals surface area contributed by atoms with Crippen molar-refractivity contribution in [3.63, 3.8) is 0 Å². The van der Waals surface area contributed by atoms with Crippen LogP contribution >= 0.6 is 0 Å². The number of anilines is 1. The third-order valence-electron chi connectivity index (χ3n) is 3.77. The van der Waals surface area contributed by atoms with E-state index in [2.05, 4.69) is 5.32 Å². The van der Waals surface area contributed by atoms with E-state index < -0.39 is 10.0 Å². The molecule has 1 saturated heterocycles. The Morgan fingerprint density at radius 3 is 2.42 bits per heavy atom. The SMILES string of the molecule is CC(=O)Nc1ccc(S(=O)(=O)N2COC(c3ccccc3)C2)cc1. The molecule has 1 amide bonds. The van der Waals surface area contributed by atoms with E-state index in [9.17, 15) is 13.2 Å². The summed E-state index contributed by atoms with van der Waals surface area (Å²) in [4.78, 5) is 11.2. The highest BCUT2D eigenvalue weighted by Crippen LogP contribution is 2.29. The van der Waals surface area contributed by atoms with Gasteiger partial charge in [0.15, 0.2) is 0 Å². The standard InChI is InChI=1S/C17H18N2O4S/c1-13(20)18-15-7-9-16(10-8-15)24(21,22)19-11-17(23-12-19)14-5-3-2-4-6-14/h2-10,17H,11-12H2,1H3,(H,18,20). The Kier molecular flexibility index (Phi) is 4.66. The number of sulfonamides is 1. The molecule has 1 heterocycles. The number of nitrogens with zero attached hydrogens (tertiary/aromatic N) is 1. The first-order valence-electron chi connectivity index (χ1n) is 7.51. The number of hydrogen-bond acceptors (Lipinski definition) is 4. The zero-order valence-corrected chi connectivity index (χ0v) is 14.0. The molecule has 1 fully saturated rings. The lowest BCUT2D eigenvalue weighted by atomic mass is 10.1. The van der Waals surface area contributed by atoms with Crippen molar-refractivity contribution in [3.8, 4) is 0 Å². The number of carbonyl (C=O) groups is 1. The number of benzene rings is 2. The van der Waals surface area contributed by atoms with Crippen molar-refractivity contribution in [2.45, 2.75) is 17.9 Å². The second kappa shape index (κ2) is 6.72. The summed E-state index contributed by atoms with van der Waals surface area (Å²) in [5, 5.41) is 2.61. The van der Waals surface area contributed by atoms with Gasteiger partial charge in [-0.05, 0) is 29.8 Å². The first kappa shape index (κ1) is 16.6. The minimum Gasteiger partial charge on any atom is -0.356 e. The molecule has 3 rings (SSSR count). The second-order valence-corrected chi connectivity index (χ2v) is 7.48. The number of hydrogen-bond donors (Lipinski definition) is 1. The lowest BCUT2D eigenvalue weighted by Gasteiger charge is -2.15. The monoisotopic (exact) mass is 346 g/mol. The van der Waals surface area contributed by atoms with Crippen molar-refractivity contribution >= 4 is 21.6 Å². The first-order chi connectivity index (χ1) is 11.5. The molecule has 0 spiro atoms. The van der Waals surface area contributed by atoms with Crippen LogP contribution in [-0.2, 0) is 19.6 Å². The zero-order chi connectivity index (χ0) is 17.2. The molecule has 0 radical (unpaired) electrons. The summed E-state index contributed by atoms with van der Waals surface area (Å²) in [5.74, 6) is -0.204. The van der Waals surface area contributed by atoms with Gasteiger partial charge in [-0.1, -0.05) is 30.3 Å². The van der Waals surface area contributed by atoms with Gasteiger partial charge in [-0.15, -0.1) is 0 Å². The summed E-state index contributed by atoms with van der Waals surface area (Å²) in [6.07, 6.45) is -0.264. The number of rotatable bonds is 4. The average Bonchev–Trinajstić information content (AvgIpc) is 3.06. The Morgan fingerprint density at radius 1 is 1.12 bits per heavy atom. The van der Waals surface area contributed by atoms with Crippen molar-refractivity contribution in [2.75, 3.05) is 18.6 Å². The van der Waals surface area contributed by atoms with Crippen LogP contribution in [0.2, 0.25) is 0 Å². The predicted molar refractivity (Wildman–Crippen MR) is 89.8 cm³/mol. The molecule has 126 valence electrons. The van der Waals surface area contributed by atoms with Gasteiger partial charge in [0.05, 0.1) is 11.0 Å². The predicted octanol–water partition coefficient (Wildman–Crippen LogP) is 2.36. The minimum absolute atomic E-state index is 0.0232. The minimum atomic E-state index is -3.63. The molecule has 2 aromatic rings. The van der Waals surface area contributed by atoms with Crippen LogP contribution < -0.4 is 5.32 Å². The van der Waals surface area contributed by atoms with Crippen LogP contribution in [0.15, 0.2) is 59.5 Å². The van der Waals surface area contributed by atoms with Crippen LogP contribution in [0.4, 0.5) is 5.69 Å². The lowest BCUT2D eigenvalue weighted by Crippen LogP contribution is -2.28. The second-order valence-electron chi connectivity index (χ2n) is 5.54. The van der Waals surface area contributed by atoms with Gasteiger partial charge in [-0.2, -0.15) is 4.31 Å². The van der Waals surface area contributed by atoms with Crippen LogP contribution in [0.25, 0.3) is 0 Å². The van der Waals surface area contributed by atoms with Crippen LogP contribution in [0.5, 0.6) is 0 Å². The van der Waals surface area contributed by atoms with Crippen LogP contribution in [-0.4, -0.2) is 31.9 Å². The Bertz CT molecular complexity index is 819. The molecule has 1 unspecified atom stereocenters. The first-order valence-corrected chi connectivity index (χ1v) is 8.95. The molecule has 24 heavy (non-hydrogen) atoms. The van der Waals surface area contributed by atoms with E-state index in [4.69, 9.17) is 4.74 Å². The van der Waals surface area contributed by atoms with Crippen molar-refractivity contribution < 1.29 is 17.9 Å². The summed E-state index contributed by atoms with van der Waals surface area (Å²) >= 11 is 0. The van der Waals surface area contributed by atoms with Gasteiger partial charge in [-0.3, -0.25) is 4.79 Å². The Balaban J connectivity index is 1.75. The zero-order valence-electron chi connectivity index (χ0n) is 13.2. The molecule has 1 N–H and O–H groups in total. The van der Waals surface area contributed by atoms with E-state index in [-0.39, 0.29) is 30.2 Å². The fourth-order valence-corrected chi connectivity index (χ4v) is 3.87. The number of amides is 1. The normalized spacial score (nSPS) is 18.5. The number of carbonyl (C=O) groups excluding carboxylic acids is 1. The fourth-order valence-electron chi connectivity index (χ4n) is 2.56. The van der Waals surface area contributed by atoms with Crippen molar-refractivity contribution in [1.82, 2.24) is 4.31 Å². The Morgan fingerprint density at radius 2 is 1.79 bits per heavy atom. The van der Waals surface area contributed by atoms with Crippen molar-refractivity contribution in [3.05, 3.63) is 60.2 Å². The fraction of sp³-hybridized carbons (Fsp3) is 0.235.